The highest BCUT2D eigenvalue weighted by atomic mass is 35.5. The molecule has 0 radical (unpaired) electrons. The summed E-state index contributed by atoms with van der Waals surface area (Å²) < 4.78 is 13.8. The number of carbonyl (C=O) groups excluding carboxylic acids is 1. The molecule has 0 bridgehead atoms. The van der Waals surface area contributed by atoms with Crippen molar-refractivity contribution < 1.29 is 9.18 Å². The molecule has 2 heterocycles. The van der Waals surface area contributed by atoms with Crippen molar-refractivity contribution in [2.45, 2.75) is 6.54 Å². The maximum absolute atomic E-state index is 13.8. The van der Waals surface area contributed by atoms with E-state index in [1.165, 1.54) is 24.4 Å². The van der Waals surface area contributed by atoms with Crippen molar-refractivity contribution in [2.24, 2.45) is 0 Å². The number of carbonyl (C=O) groups is 1. The number of pyridine rings is 2. The molecule has 2 N–H and O–H groups in total. The Morgan fingerprint density at radius 2 is 2.00 bits per heavy atom. The van der Waals surface area contributed by atoms with Crippen molar-refractivity contribution >= 4 is 29.0 Å². The first-order chi connectivity index (χ1) is 12.1. The van der Waals surface area contributed by atoms with Gasteiger partial charge < -0.3 is 10.6 Å². The maximum Gasteiger partial charge on any atom is 0.260 e. The summed E-state index contributed by atoms with van der Waals surface area (Å²) in [4.78, 5) is 20.4. The molecular formula is C18H14ClFN4O. The smallest absolute Gasteiger partial charge is 0.260 e. The van der Waals surface area contributed by atoms with Gasteiger partial charge in [0.2, 0.25) is 0 Å². The first-order valence-corrected chi connectivity index (χ1v) is 7.85. The maximum atomic E-state index is 13.8. The highest BCUT2D eigenvalue weighted by Crippen LogP contribution is 2.20. The van der Waals surface area contributed by atoms with Crippen molar-refractivity contribution in [3.63, 3.8) is 0 Å². The van der Waals surface area contributed by atoms with E-state index < -0.39 is 11.7 Å². The van der Waals surface area contributed by atoms with Crippen LogP contribution in [0.2, 0.25) is 5.02 Å². The second kappa shape index (κ2) is 7.72. The van der Waals surface area contributed by atoms with Gasteiger partial charge in [-0.15, -0.1) is 0 Å². The third-order valence-electron chi connectivity index (χ3n) is 3.41. The summed E-state index contributed by atoms with van der Waals surface area (Å²) in [6.45, 7) is 0.581. The molecule has 0 fully saturated rings. The van der Waals surface area contributed by atoms with E-state index in [1.807, 2.05) is 12.1 Å². The minimum atomic E-state index is -0.673. The van der Waals surface area contributed by atoms with Crippen molar-refractivity contribution in [2.75, 3.05) is 10.6 Å². The van der Waals surface area contributed by atoms with Crippen LogP contribution in [0.5, 0.6) is 0 Å². The zero-order valence-corrected chi connectivity index (χ0v) is 13.8. The van der Waals surface area contributed by atoms with E-state index in [-0.39, 0.29) is 10.6 Å². The summed E-state index contributed by atoms with van der Waals surface area (Å²) >= 11 is 5.88. The molecule has 0 atom stereocenters. The normalized spacial score (nSPS) is 10.3. The number of rotatable bonds is 5. The van der Waals surface area contributed by atoms with Crippen LogP contribution < -0.4 is 10.6 Å². The van der Waals surface area contributed by atoms with Crippen molar-refractivity contribution in [1.82, 2.24) is 9.97 Å². The van der Waals surface area contributed by atoms with E-state index in [0.29, 0.717) is 18.1 Å². The van der Waals surface area contributed by atoms with Gasteiger partial charge >= 0.3 is 0 Å². The molecule has 0 aliphatic rings. The summed E-state index contributed by atoms with van der Waals surface area (Å²) in [5.41, 5.74) is 1.27. The SMILES string of the molecule is O=C(Nc1ccc(NCc2cccnc2)nc1)c1c(F)cccc1Cl. The molecule has 3 aromatic rings. The van der Waals surface area contributed by atoms with E-state index in [2.05, 4.69) is 20.6 Å². The third-order valence-corrected chi connectivity index (χ3v) is 3.72. The zero-order chi connectivity index (χ0) is 17.6. The first kappa shape index (κ1) is 16.9. The number of halogens is 2. The molecule has 0 spiro atoms. The number of hydrogen-bond acceptors (Lipinski definition) is 4. The second-order valence-electron chi connectivity index (χ2n) is 5.20. The minimum absolute atomic E-state index is 0.0558. The second-order valence-corrected chi connectivity index (χ2v) is 5.60. The number of aromatic nitrogens is 2. The summed E-state index contributed by atoms with van der Waals surface area (Å²) in [5.74, 6) is -0.653. The van der Waals surface area contributed by atoms with E-state index in [1.54, 1.807) is 24.5 Å². The number of nitrogens with one attached hydrogen (secondary N) is 2. The average molecular weight is 357 g/mol. The number of nitrogens with zero attached hydrogens (tertiary/aromatic N) is 2. The minimum Gasteiger partial charge on any atom is -0.366 e. The topological polar surface area (TPSA) is 66.9 Å². The highest BCUT2D eigenvalue weighted by Gasteiger charge is 2.15. The van der Waals surface area contributed by atoms with Crippen LogP contribution in [-0.4, -0.2) is 15.9 Å². The van der Waals surface area contributed by atoms with E-state index >= 15 is 0 Å². The van der Waals surface area contributed by atoms with Crippen molar-refractivity contribution in [3.05, 3.63) is 83.0 Å². The molecule has 0 saturated carbocycles. The van der Waals surface area contributed by atoms with Gasteiger partial charge in [-0.3, -0.25) is 9.78 Å². The standard InChI is InChI=1S/C18H14ClFN4O/c19-14-4-1-5-15(20)17(14)18(25)24-13-6-7-16(23-11-13)22-10-12-3-2-8-21-9-12/h1-9,11H,10H2,(H,22,23)(H,24,25). The quantitative estimate of drug-likeness (QED) is 0.721. The number of amides is 1. The van der Waals surface area contributed by atoms with Gasteiger partial charge in [-0.1, -0.05) is 23.7 Å². The fraction of sp³-hybridized carbons (Fsp3) is 0.0556. The molecule has 3 rings (SSSR count). The third kappa shape index (κ3) is 4.30. The lowest BCUT2D eigenvalue weighted by Crippen LogP contribution is -2.14. The van der Waals surface area contributed by atoms with Crippen LogP contribution in [0, 0.1) is 5.82 Å². The monoisotopic (exact) mass is 356 g/mol. The van der Waals surface area contributed by atoms with Gasteiger partial charge in [0.05, 0.1) is 22.5 Å². The summed E-state index contributed by atoms with van der Waals surface area (Å²) in [6, 6.07) is 11.3. The molecule has 25 heavy (non-hydrogen) atoms. The predicted octanol–water partition coefficient (Wildman–Crippen LogP) is 4.13. The van der Waals surface area contributed by atoms with Gasteiger partial charge in [0.25, 0.3) is 5.91 Å². The fourth-order valence-electron chi connectivity index (χ4n) is 2.18. The molecule has 0 saturated heterocycles. The van der Waals surface area contributed by atoms with Gasteiger partial charge in [0.1, 0.15) is 11.6 Å². The lowest BCUT2D eigenvalue weighted by atomic mass is 10.2. The number of hydrogen-bond donors (Lipinski definition) is 2. The Kier molecular flexibility index (Phi) is 5.20. The summed E-state index contributed by atoms with van der Waals surface area (Å²) in [6.07, 6.45) is 4.96. The van der Waals surface area contributed by atoms with Crippen LogP contribution in [-0.2, 0) is 6.54 Å². The largest absolute Gasteiger partial charge is 0.366 e. The first-order valence-electron chi connectivity index (χ1n) is 7.47. The van der Waals surface area contributed by atoms with Crippen LogP contribution in [0.1, 0.15) is 15.9 Å². The molecule has 0 aliphatic carbocycles. The molecule has 7 heteroatoms. The van der Waals surface area contributed by atoms with Gasteiger partial charge in [0, 0.05) is 18.9 Å². The average Bonchev–Trinajstić information content (AvgIpc) is 2.62. The molecular weight excluding hydrogens is 343 g/mol. The zero-order valence-electron chi connectivity index (χ0n) is 13.0. The number of benzene rings is 1. The van der Waals surface area contributed by atoms with Gasteiger partial charge in [-0.25, -0.2) is 9.37 Å². The lowest BCUT2D eigenvalue weighted by molar-refractivity contribution is 0.102. The Balaban J connectivity index is 1.63. The fourth-order valence-corrected chi connectivity index (χ4v) is 2.42. The molecule has 126 valence electrons. The molecule has 5 nitrogen and oxygen atoms in total. The Morgan fingerprint density at radius 1 is 1.12 bits per heavy atom. The van der Waals surface area contributed by atoms with Crippen LogP contribution in [0.15, 0.2) is 61.1 Å². The Bertz CT molecular complexity index is 852. The molecule has 0 aliphatic heterocycles. The lowest BCUT2D eigenvalue weighted by Gasteiger charge is -2.09. The van der Waals surface area contributed by atoms with Crippen molar-refractivity contribution in [1.29, 1.82) is 0 Å². The van der Waals surface area contributed by atoms with E-state index in [9.17, 15) is 9.18 Å². The Hall–Kier alpha value is -2.99. The van der Waals surface area contributed by atoms with Crippen LogP contribution in [0.25, 0.3) is 0 Å². The van der Waals surface area contributed by atoms with Crippen LogP contribution >= 0.6 is 11.6 Å². The van der Waals surface area contributed by atoms with Gasteiger partial charge in [0.15, 0.2) is 0 Å². The van der Waals surface area contributed by atoms with Crippen LogP contribution in [0.3, 0.4) is 0 Å². The summed E-state index contributed by atoms with van der Waals surface area (Å²) in [7, 11) is 0. The predicted molar refractivity (Wildman–Crippen MR) is 95.2 cm³/mol. The molecule has 1 aromatic carbocycles. The number of anilines is 2. The molecule has 1 amide bonds. The Labute approximate surface area is 148 Å². The van der Waals surface area contributed by atoms with Crippen molar-refractivity contribution in [3.8, 4) is 0 Å². The van der Waals surface area contributed by atoms with Crippen LogP contribution in [0.4, 0.5) is 15.9 Å². The van der Waals surface area contributed by atoms with E-state index in [0.717, 1.165) is 5.56 Å². The highest BCUT2D eigenvalue weighted by molar-refractivity contribution is 6.34. The Morgan fingerprint density at radius 3 is 2.68 bits per heavy atom. The van der Waals surface area contributed by atoms with E-state index in [4.69, 9.17) is 11.6 Å². The van der Waals surface area contributed by atoms with Gasteiger partial charge in [-0.05, 0) is 35.9 Å². The molecule has 0 unspecified atom stereocenters. The summed E-state index contributed by atoms with van der Waals surface area (Å²) in [5, 5.41) is 5.78. The molecule has 2 aromatic heterocycles. The van der Waals surface area contributed by atoms with Gasteiger partial charge in [-0.2, -0.15) is 0 Å².